The summed E-state index contributed by atoms with van der Waals surface area (Å²) in [5.41, 5.74) is 4.23. The molecule has 0 saturated heterocycles. The molecule has 1 heterocycles. The first-order chi connectivity index (χ1) is 9.71. The summed E-state index contributed by atoms with van der Waals surface area (Å²) in [4.78, 5) is 24.6. The Balaban J connectivity index is 2.48. The van der Waals surface area contributed by atoms with Crippen molar-refractivity contribution in [2.45, 2.75) is 26.7 Å². The van der Waals surface area contributed by atoms with E-state index in [0.717, 1.165) is 24.8 Å². The van der Waals surface area contributed by atoms with E-state index in [0.29, 0.717) is 18.8 Å². The van der Waals surface area contributed by atoms with Crippen LogP contribution < -0.4 is 5.32 Å². The second kappa shape index (κ2) is 6.37. The summed E-state index contributed by atoms with van der Waals surface area (Å²) < 4.78 is 0. The largest absolute Gasteiger partial charge is 0.353 e. The molecule has 1 aliphatic heterocycles. The first-order valence-corrected chi connectivity index (χ1v) is 7.03. The maximum Gasteiger partial charge on any atom is 0.246 e. The second-order valence-corrected chi connectivity index (χ2v) is 4.77. The van der Waals surface area contributed by atoms with Crippen LogP contribution in [0.25, 0.3) is 5.70 Å². The first-order valence-electron chi connectivity index (χ1n) is 7.03. The number of hydrogen-bond donors (Lipinski definition) is 1. The number of likely N-dealkylation sites (N-methyl/N-ethyl adjacent to an activating group) is 1. The summed E-state index contributed by atoms with van der Waals surface area (Å²) in [7, 11) is 0. The fourth-order valence-electron chi connectivity index (χ4n) is 2.63. The van der Waals surface area contributed by atoms with E-state index in [1.54, 1.807) is 4.90 Å². The molecular weight excluding hydrogens is 252 g/mol. The number of nitrogens with zero attached hydrogens (tertiary/aromatic N) is 1. The van der Waals surface area contributed by atoms with E-state index >= 15 is 0 Å². The summed E-state index contributed by atoms with van der Waals surface area (Å²) in [5.74, 6) is -0.163. The Kier molecular flexibility index (Phi) is 4.56. The number of hydrogen-bond acceptors (Lipinski definition) is 2. The lowest BCUT2D eigenvalue weighted by molar-refractivity contribution is -0.116. The summed E-state index contributed by atoms with van der Waals surface area (Å²) in [6.07, 6.45) is 4.12. The molecule has 1 aromatic carbocycles. The molecular formula is C16H20N2O2. The Hall–Kier alpha value is -2.10. The lowest BCUT2D eigenvalue weighted by Crippen LogP contribution is -2.31. The van der Waals surface area contributed by atoms with Gasteiger partial charge in [0.1, 0.15) is 0 Å². The van der Waals surface area contributed by atoms with Gasteiger partial charge in [0.25, 0.3) is 0 Å². The molecule has 4 heteroatoms. The Morgan fingerprint density at radius 3 is 2.85 bits per heavy atom. The minimum absolute atomic E-state index is 0.163. The van der Waals surface area contributed by atoms with E-state index in [9.17, 15) is 9.59 Å². The van der Waals surface area contributed by atoms with Gasteiger partial charge in [-0.05, 0) is 30.9 Å². The normalized spacial score (nSPS) is 15.9. The fourth-order valence-corrected chi connectivity index (χ4v) is 2.63. The first kappa shape index (κ1) is 14.3. The van der Waals surface area contributed by atoms with Crippen LogP contribution in [0, 0.1) is 0 Å². The van der Waals surface area contributed by atoms with E-state index in [4.69, 9.17) is 0 Å². The molecule has 4 nitrogen and oxygen atoms in total. The van der Waals surface area contributed by atoms with E-state index in [2.05, 4.69) is 18.3 Å². The van der Waals surface area contributed by atoms with Crippen LogP contribution in [0.2, 0.25) is 0 Å². The molecule has 106 valence electrons. The zero-order valence-corrected chi connectivity index (χ0v) is 12.0. The molecule has 0 aromatic heterocycles. The van der Waals surface area contributed by atoms with Crippen LogP contribution in [0.15, 0.2) is 24.3 Å². The number of aryl methyl sites for hydroxylation is 1. The highest BCUT2D eigenvalue weighted by Gasteiger charge is 2.22. The van der Waals surface area contributed by atoms with Crippen molar-refractivity contribution in [3.8, 4) is 0 Å². The van der Waals surface area contributed by atoms with Crippen molar-refractivity contribution in [1.82, 2.24) is 10.2 Å². The molecule has 20 heavy (non-hydrogen) atoms. The third-order valence-electron chi connectivity index (χ3n) is 3.59. The highest BCUT2D eigenvalue weighted by molar-refractivity contribution is 5.97. The zero-order chi connectivity index (χ0) is 14.5. The maximum absolute atomic E-state index is 11.8. The van der Waals surface area contributed by atoms with Crippen LogP contribution >= 0.6 is 0 Å². The summed E-state index contributed by atoms with van der Waals surface area (Å²) >= 11 is 0. The Morgan fingerprint density at radius 2 is 2.20 bits per heavy atom. The number of nitrogens with one attached hydrogen (secondary N) is 1. The van der Waals surface area contributed by atoms with Crippen molar-refractivity contribution >= 4 is 18.0 Å². The van der Waals surface area contributed by atoms with Crippen LogP contribution in [0.5, 0.6) is 0 Å². The lowest BCUT2D eigenvalue weighted by Gasteiger charge is -2.29. The SMILES string of the molecule is CCNC(=O)/C=C1/c2cccc(CC)c2CCN1C=O. The van der Waals surface area contributed by atoms with Crippen LogP contribution in [-0.4, -0.2) is 30.3 Å². The molecule has 1 N–H and O–H groups in total. The minimum atomic E-state index is -0.163. The topological polar surface area (TPSA) is 49.4 Å². The van der Waals surface area contributed by atoms with Crippen molar-refractivity contribution < 1.29 is 9.59 Å². The predicted octanol–water partition coefficient (Wildman–Crippen LogP) is 1.74. The average molecular weight is 272 g/mol. The van der Waals surface area contributed by atoms with E-state index in [1.807, 2.05) is 19.1 Å². The molecule has 0 unspecified atom stereocenters. The predicted molar refractivity (Wildman–Crippen MR) is 79.0 cm³/mol. The third-order valence-corrected chi connectivity index (χ3v) is 3.59. The zero-order valence-electron chi connectivity index (χ0n) is 12.0. The quantitative estimate of drug-likeness (QED) is 0.670. The number of benzene rings is 1. The number of carbonyl (C=O) groups is 2. The standard InChI is InChI=1S/C16H20N2O2/c1-3-12-6-5-7-14-13(12)8-9-18(11-19)15(14)10-16(20)17-4-2/h5-7,10-11H,3-4,8-9H2,1-2H3,(H,17,20)/b15-10-. The molecule has 2 amide bonds. The molecule has 1 aliphatic rings. The monoisotopic (exact) mass is 272 g/mol. The van der Waals surface area contributed by atoms with E-state index < -0.39 is 0 Å². The molecule has 0 saturated carbocycles. The van der Waals surface area contributed by atoms with Crippen molar-refractivity contribution in [3.05, 3.63) is 41.0 Å². The Bertz CT molecular complexity index is 549. The fraction of sp³-hybridized carbons (Fsp3) is 0.375. The summed E-state index contributed by atoms with van der Waals surface area (Å²) in [6.45, 7) is 5.19. The van der Waals surface area contributed by atoms with Gasteiger partial charge in [-0.3, -0.25) is 9.59 Å². The van der Waals surface area contributed by atoms with Crippen LogP contribution in [0.3, 0.4) is 0 Å². The summed E-state index contributed by atoms with van der Waals surface area (Å²) in [5, 5.41) is 2.74. The maximum atomic E-state index is 11.8. The number of carbonyl (C=O) groups excluding carboxylic acids is 2. The molecule has 0 spiro atoms. The van der Waals surface area contributed by atoms with Crippen molar-refractivity contribution in [2.24, 2.45) is 0 Å². The highest BCUT2D eigenvalue weighted by atomic mass is 16.1. The number of fused-ring (bicyclic) bond motifs is 1. The van der Waals surface area contributed by atoms with Gasteiger partial charge in [0.15, 0.2) is 0 Å². The van der Waals surface area contributed by atoms with Gasteiger partial charge in [0.2, 0.25) is 12.3 Å². The number of rotatable bonds is 4. The smallest absolute Gasteiger partial charge is 0.246 e. The van der Waals surface area contributed by atoms with Gasteiger partial charge in [-0.2, -0.15) is 0 Å². The molecule has 0 atom stereocenters. The van der Waals surface area contributed by atoms with Gasteiger partial charge in [-0.1, -0.05) is 25.1 Å². The molecule has 0 bridgehead atoms. The molecule has 1 aromatic rings. The van der Waals surface area contributed by atoms with Crippen molar-refractivity contribution in [2.75, 3.05) is 13.1 Å². The van der Waals surface area contributed by atoms with Crippen LogP contribution in [0.1, 0.15) is 30.5 Å². The molecule has 2 rings (SSSR count). The summed E-state index contributed by atoms with van der Waals surface area (Å²) in [6, 6.07) is 6.08. The Labute approximate surface area is 119 Å². The van der Waals surface area contributed by atoms with E-state index in [-0.39, 0.29) is 5.91 Å². The second-order valence-electron chi connectivity index (χ2n) is 4.77. The Morgan fingerprint density at radius 1 is 1.40 bits per heavy atom. The average Bonchev–Trinajstić information content (AvgIpc) is 2.47. The van der Waals surface area contributed by atoms with Crippen molar-refractivity contribution in [3.63, 3.8) is 0 Å². The molecule has 0 radical (unpaired) electrons. The van der Waals surface area contributed by atoms with E-state index in [1.165, 1.54) is 17.2 Å². The highest BCUT2D eigenvalue weighted by Crippen LogP contribution is 2.30. The van der Waals surface area contributed by atoms with Crippen LogP contribution in [-0.2, 0) is 22.4 Å². The van der Waals surface area contributed by atoms with Gasteiger partial charge >= 0.3 is 0 Å². The van der Waals surface area contributed by atoms with Gasteiger partial charge < -0.3 is 10.2 Å². The molecule has 0 aliphatic carbocycles. The minimum Gasteiger partial charge on any atom is -0.353 e. The van der Waals surface area contributed by atoms with Crippen molar-refractivity contribution in [1.29, 1.82) is 0 Å². The van der Waals surface area contributed by atoms with Crippen LogP contribution in [0.4, 0.5) is 0 Å². The van der Waals surface area contributed by atoms with Gasteiger partial charge in [-0.25, -0.2) is 0 Å². The number of amides is 2. The van der Waals surface area contributed by atoms with Gasteiger partial charge in [0.05, 0.1) is 5.70 Å². The van der Waals surface area contributed by atoms with Gasteiger partial charge in [0, 0.05) is 24.7 Å². The molecule has 0 fully saturated rings. The third kappa shape index (κ3) is 2.74. The lowest BCUT2D eigenvalue weighted by atomic mass is 9.91. The van der Waals surface area contributed by atoms with Gasteiger partial charge in [-0.15, -0.1) is 0 Å².